The van der Waals surface area contributed by atoms with Crippen molar-refractivity contribution < 1.29 is 19.2 Å². The highest BCUT2D eigenvalue weighted by Crippen LogP contribution is 2.31. The summed E-state index contributed by atoms with van der Waals surface area (Å²) in [7, 11) is 0. The molecule has 0 bridgehead atoms. The van der Waals surface area contributed by atoms with Crippen LogP contribution in [0.1, 0.15) is 33.6 Å². The van der Waals surface area contributed by atoms with Crippen molar-refractivity contribution >= 4 is 66.5 Å². The van der Waals surface area contributed by atoms with E-state index in [-0.39, 0.29) is 56.0 Å². The molecule has 4 amide bonds. The normalized spacial score (nSPS) is 22.8. The Labute approximate surface area is 229 Å². The number of nitrogens with one attached hydrogen (secondary N) is 2. The molecule has 4 aliphatic rings. The average Bonchev–Trinajstić information content (AvgIpc) is 3.08. The highest BCUT2D eigenvalue weighted by molar-refractivity contribution is 6.23. The Morgan fingerprint density at radius 2 is 1.39 bits per heavy atom. The molecule has 2 N–H and O–H groups in total. The zero-order valence-corrected chi connectivity index (χ0v) is 22.4. The largest absolute Gasteiger partial charge is 0.369 e. The predicted octanol–water partition coefficient (Wildman–Crippen LogP) is 0.380. The van der Waals surface area contributed by atoms with Crippen LogP contribution in [0.4, 0.5) is 5.69 Å². The Kier molecular flexibility index (Phi) is 11.0. The number of anilines is 1. The maximum atomic E-state index is 13.1. The number of hydrogen-bond donors (Lipinski definition) is 2. The van der Waals surface area contributed by atoms with Gasteiger partial charge in [-0.3, -0.25) is 39.2 Å². The van der Waals surface area contributed by atoms with Crippen molar-refractivity contribution in [3.05, 3.63) is 29.3 Å². The Balaban J connectivity index is 0.00000152. The quantitative estimate of drug-likeness (QED) is 0.496. The van der Waals surface area contributed by atoms with Gasteiger partial charge in [0.05, 0.1) is 11.1 Å². The van der Waals surface area contributed by atoms with Gasteiger partial charge in [0.15, 0.2) is 0 Å². The van der Waals surface area contributed by atoms with Crippen molar-refractivity contribution in [1.29, 1.82) is 0 Å². The second-order valence-electron chi connectivity index (χ2n) is 9.10. The topological polar surface area (TPSA) is 105 Å². The number of fused-ring (bicyclic) bond motifs is 1. The predicted molar refractivity (Wildman–Crippen MR) is 143 cm³/mol. The van der Waals surface area contributed by atoms with Crippen molar-refractivity contribution in [3.8, 4) is 0 Å². The van der Waals surface area contributed by atoms with Gasteiger partial charge in [-0.25, -0.2) is 0 Å². The van der Waals surface area contributed by atoms with Gasteiger partial charge >= 0.3 is 0 Å². The third kappa shape index (κ3) is 6.12. The number of amides is 4. The summed E-state index contributed by atoms with van der Waals surface area (Å²) >= 11 is 0. The number of carbonyl (C=O) groups excluding carboxylic acids is 4. The van der Waals surface area contributed by atoms with E-state index in [4.69, 9.17) is 0 Å². The van der Waals surface area contributed by atoms with Gasteiger partial charge in [-0.05, 0) is 24.6 Å². The van der Waals surface area contributed by atoms with Gasteiger partial charge in [-0.1, -0.05) is 0 Å². The summed E-state index contributed by atoms with van der Waals surface area (Å²) in [5, 5.41) is 5.61. The maximum Gasteiger partial charge on any atom is 0.262 e. The molecule has 1 unspecified atom stereocenters. The van der Waals surface area contributed by atoms with Crippen LogP contribution in [-0.4, -0.2) is 110 Å². The lowest BCUT2D eigenvalue weighted by molar-refractivity contribution is -0.136. The lowest BCUT2D eigenvalue weighted by Crippen LogP contribution is -2.54. The molecule has 4 heterocycles. The van der Waals surface area contributed by atoms with Crippen LogP contribution < -0.4 is 15.5 Å². The van der Waals surface area contributed by atoms with Crippen LogP contribution in [0, 0.1) is 0 Å². The van der Waals surface area contributed by atoms with E-state index >= 15 is 0 Å². The Hall–Kier alpha value is -1.95. The summed E-state index contributed by atoms with van der Waals surface area (Å²) in [6.07, 6.45) is 0.285. The first-order valence-electron chi connectivity index (χ1n) is 11.8. The molecule has 13 heteroatoms. The molecule has 1 aromatic rings. The minimum Gasteiger partial charge on any atom is -0.369 e. The van der Waals surface area contributed by atoms with Crippen LogP contribution in [0.25, 0.3) is 0 Å². The first-order valence-corrected chi connectivity index (χ1v) is 11.8. The highest BCUT2D eigenvalue weighted by Gasteiger charge is 2.44. The summed E-state index contributed by atoms with van der Waals surface area (Å²) in [4.78, 5) is 57.9. The maximum absolute atomic E-state index is 13.1. The fourth-order valence-corrected chi connectivity index (χ4v) is 5.10. The van der Waals surface area contributed by atoms with Crippen molar-refractivity contribution in [3.63, 3.8) is 0 Å². The molecule has 0 spiro atoms. The highest BCUT2D eigenvalue weighted by atomic mass is 35.5. The van der Waals surface area contributed by atoms with Crippen molar-refractivity contribution in [2.24, 2.45) is 0 Å². The first kappa shape index (κ1) is 30.3. The number of hydrogen-bond acceptors (Lipinski definition) is 8. The molecule has 200 valence electrons. The smallest absolute Gasteiger partial charge is 0.262 e. The molecule has 1 aromatic carbocycles. The average molecular weight is 564 g/mol. The van der Waals surface area contributed by atoms with Crippen molar-refractivity contribution in [1.82, 2.24) is 25.3 Å². The van der Waals surface area contributed by atoms with Gasteiger partial charge in [0.2, 0.25) is 11.8 Å². The fraction of sp³-hybridized carbons (Fsp3) is 0.565. The van der Waals surface area contributed by atoms with E-state index in [1.807, 2.05) is 6.07 Å². The minimum atomic E-state index is -0.933. The summed E-state index contributed by atoms with van der Waals surface area (Å²) in [6.45, 7) is 10.1. The zero-order chi connectivity index (χ0) is 22.9. The second-order valence-corrected chi connectivity index (χ2v) is 9.10. The SMILES string of the molecule is Cl.Cl.Cl.O=C1CCC(N2C(=O)c3ccc(N4CCN(CCN5CCNCC5)CC4)cc3C2=O)C(=O)N1. The fourth-order valence-electron chi connectivity index (χ4n) is 5.10. The zero-order valence-electron chi connectivity index (χ0n) is 19.9. The lowest BCUT2D eigenvalue weighted by atomic mass is 10.0. The Morgan fingerprint density at radius 1 is 0.778 bits per heavy atom. The molecule has 0 saturated carbocycles. The molecule has 0 aliphatic carbocycles. The van der Waals surface area contributed by atoms with Crippen LogP contribution in [0.15, 0.2) is 18.2 Å². The number of imide groups is 2. The molecule has 0 aromatic heterocycles. The van der Waals surface area contributed by atoms with Gasteiger partial charge in [-0.2, -0.15) is 0 Å². The van der Waals surface area contributed by atoms with E-state index in [2.05, 4.69) is 25.3 Å². The number of rotatable bonds is 5. The van der Waals surface area contributed by atoms with Crippen molar-refractivity contribution in [2.75, 3.05) is 70.3 Å². The summed E-state index contributed by atoms with van der Waals surface area (Å²) < 4.78 is 0. The number of nitrogens with zero attached hydrogens (tertiary/aromatic N) is 4. The summed E-state index contributed by atoms with van der Waals surface area (Å²) in [5.74, 6) is -1.88. The van der Waals surface area contributed by atoms with Crippen LogP contribution in [0.3, 0.4) is 0 Å². The van der Waals surface area contributed by atoms with Crippen LogP contribution in [0.5, 0.6) is 0 Å². The molecule has 1 atom stereocenters. The van der Waals surface area contributed by atoms with Gasteiger partial charge in [0, 0.05) is 77.6 Å². The van der Waals surface area contributed by atoms with Crippen LogP contribution >= 0.6 is 37.2 Å². The molecular weight excluding hydrogens is 531 g/mol. The molecule has 0 radical (unpaired) electrons. The number of piperazine rings is 2. The minimum absolute atomic E-state index is 0. The first-order chi connectivity index (χ1) is 16.0. The van der Waals surface area contributed by atoms with Crippen molar-refractivity contribution in [2.45, 2.75) is 18.9 Å². The molecule has 36 heavy (non-hydrogen) atoms. The van der Waals surface area contributed by atoms with Crippen LogP contribution in [0.2, 0.25) is 0 Å². The summed E-state index contributed by atoms with van der Waals surface area (Å²) in [6, 6.07) is 4.41. The summed E-state index contributed by atoms with van der Waals surface area (Å²) in [5.41, 5.74) is 1.58. The van der Waals surface area contributed by atoms with Gasteiger partial charge < -0.3 is 10.2 Å². The van der Waals surface area contributed by atoms with E-state index < -0.39 is 23.8 Å². The molecular formula is C23H33Cl3N6O4. The number of halogens is 3. The Morgan fingerprint density at radius 3 is 2.03 bits per heavy atom. The number of benzene rings is 1. The van der Waals surface area contributed by atoms with Gasteiger partial charge in [-0.15, -0.1) is 37.2 Å². The van der Waals surface area contributed by atoms with E-state index in [9.17, 15) is 19.2 Å². The molecule has 3 saturated heterocycles. The van der Waals surface area contributed by atoms with E-state index in [0.717, 1.165) is 76.0 Å². The molecule has 10 nitrogen and oxygen atoms in total. The molecule has 5 rings (SSSR count). The van der Waals surface area contributed by atoms with Gasteiger partial charge in [0.25, 0.3) is 11.8 Å². The van der Waals surface area contributed by atoms with E-state index in [1.165, 1.54) is 0 Å². The standard InChI is InChI=1S/C23H30N6O4.3ClH/c30-20-4-3-19(21(31)25-20)29-22(32)17-2-1-16(15-18(17)23(29)33)28-13-11-27(12-14-28)10-9-26-7-5-24-6-8-26;;;/h1-2,15,19,24H,3-14H2,(H,25,30,31);3*1H. The van der Waals surface area contributed by atoms with Crippen LogP contribution in [-0.2, 0) is 9.59 Å². The molecule has 3 fully saturated rings. The van der Waals surface area contributed by atoms with E-state index in [1.54, 1.807) is 12.1 Å². The number of piperidine rings is 1. The van der Waals surface area contributed by atoms with E-state index in [0.29, 0.717) is 11.1 Å². The lowest BCUT2D eigenvalue weighted by Gasteiger charge is -2.37. The second kappa shape index (κ2) is 13.0. The third-order valence-corrected chi connectivity index (χ3v) is 7.10. The molecule has 4 aliphatic heterocycles. The monoisotopic (exact) mass is 562 g/mol. The third-order valence-electron chi connectivity index (χ3n) is 7.10. The van der Waals surface area contributed by atoms with Gasteiger partial charge in [0.1, 0.15) is 6.04 Å². The number of carbonyl (C=O) groups is 4. The Bertz CT molecular complexity index is 983.